The van der Waals surface area contributed by atoms with Crippen LogP contribution < -0.4 is 17.0 Å². The van der Waals surface area contributed by atoms with Crippen LogP contribution in [0.15, 0.2) is 11.6 Å². The smallest absolute Gasteiger partial charge is 0.100 e. The van der Waals surface area contributed by atoms with E-state index in [0.717, 1.165) is 11.8 Å². The van der Waals surface area contributed by atoms with Gasteiger partial charge in [-0.3, -0.25) is 0 Å². The molecule has 2 unspecified atom stereocenters. The highest BCUT2D eigenvalue weighted by Crippen LogP contribution is 2.59. The third kappa shape index (κ3) is 4.58. The van der Waals surface area contributed by atoms with Crippen molar-refractivity contribution in [3.8, 4) is 0 Å². The van der Waals surface area contributed by atoms with E-state index in [4.69, 9.17) is 0 Å². The Morgan fingerprint density at radius 1 is 1.14 bits per heavy atom. The number of allylic oxidation sites excluding steroid dienone is 1. The lowest BCUT2D eigenvalue weighted by atomic mass is 9.49. The van der Waals surface area contributed by atoms with E-state index in [1.165, 1.54) is 62.5 Å². The molecule has 3 aliphatic carbocycles. The van der Waals surface area contributed by atoms with Crippen LogP contribution in [-0.2, 0) is 0 Å². The summed E-state index contributed by atoms with van der Waals surface area (Å²) in [5.74, 6) is 1.86. The average molecular weight is 358 g/mol. The van der Waals surface area contributed by atoms with Crippen molar-refractivity contribution >= 4 is 0 Å². The van der Waals surface area contributed by atoms with Gasteiger partial charge in [0.05, 0.1) is 20.6 Å². The molecule has 2 heteroatoms. The number of rotatable bonds is 8. The van der Waals surface area contributed by atoms with E-state index < -0.39 is 0 Å². The summed E-state index contributed by atoms with van der Waals surface area (Å²) in [5, 5.41) is 0. The van der Waals surface area contributed by atoms with Gasteiger partial charge >= 0.3 is 0 Å². The van der Waals surface area contributed by atoms with Crippen molar-refractivity contribution in [1.82, 2.24) is 0 Å². The highest BCUT2D eigenvalue weighted by atomic mass is 79.9. The Bertz CT molecular complexity index is 357. The predicted molar refractivity (Wildman–Crippen MR) is 88.7 cm³/mol. The zero-order valence-corrected chi connectivity index (χ0v) is 16.5. The normalized spacial score (nSPS) is 26.6. The lowest BCUT2D eigenvalue weighted by molar-refractivity contribution is -0.886. The monoisotopic (exact) mass is 357 g/mol. The van der Waals surface area contributed by atoms with Crippen LogP contribution in [0.1, 0.15) is 65.7 Å². The quantitative estimate of drug-likeness (QED) is 0.354. The van der Waals surface area contributed by atoms with E-state index in [1.54, 1.807) is 5.57 Å². The van der Waals surface area contributed by atoms with E-state index in [0.29, 0.717) is 5.41 Å². The number of likely N-dealkylation sites (N-methyl/N-ethyl adjacent to an activating group) is 1. The molecule has 0 saturated heterocycles. The number of fused-ring (bicyclic) bond motifs is 1. The number of unbranched alkanes of at least 4 members (excludes halogenated alkanes) is 4. The molecule has 1 nitrogen and oxygen atoms in total. The molecule has 124 valence electrons. The molecule has 3 rings (SSSR count). The first-order valence-electron chi connectivity index (χ1n) is 8.88. The van der Waals surface area contributed by atoms with Crippen LogP contribution in [-0.4, -0.2) is 31.7 Å². The molecule has 0 aliphatic heterocycles. The lowest BCUT2D eigenvalue weighted by Gasteiger charge is -2.57. The minimum atomic E-state index is 0. The van der Waals surface area contributed by atoms with E-state index >= 15 is 0 Å². The van der Waals surface area contributed by atoms with Gasteiger partial charge < -0.3 is 21.5 Å². The van der Waals surface area contributed by atoms with Crippen molar-refractivity contribution in [1.29, 1.82) is 0 Å². The number of halogens is 1. The molecule has 0 amide bonds. The van der Waals surface area contributed by atoms with Gasteiger partial charge in [-0.15, -0.1) is 0 Å². The maximum absolute atomic E-state index is 2.58. The summed E-state index contributed by atoms with van der Waals surface area (Å²) in [7, 11) is 4.86. The van der Waals surface area contributed by atoms with Crippen LogP contribution in [0.2, 0.25) is 0 Å². The van der Waals surface area contributed by atoms with Gasteiger partial charge in [0.1, 0.15) is 6.54 Å². The summed E-state index contributed by atoms with van der Waals surface area (Å²) < 4.78 is 1.19. The van der Waals surface area contributed by atoms with E-state index in [-0.39, 0.29) is 17.0 Å². The molecule has 0 aromatic rings. The van der Waals surface area contributed by atoms with Crippen LogP contribution in [0.4, 0.5) is 0 Å². The van der Waals surface area contributed by atoms with Gasteiger partial charge in [0.15, 0.2) is 0 Å². The Morgan fingerprint density at radius 3 is 2.38 bits per heavy atom. The van der Waals surface area contributed by atoms with Gasteiger partial charge in [-0.1, -0.05) is 46.1 Å². The van der Waals surface area contributed by atoms with Crippen molar-refractivity contribution < 1.29 is 21.5 Å². The number of hydrogen-bond donors (Lipinski definition) is 0. The molecule has 0 heterocycles. The SMILES string of the molecule is CCCCCCC[N+](C)(C)CC1=CCC2CC1C2(C)C.[Br-]. The van der Waals surface area contributed by atoms with Crippen LogP contribution in [0.25, 0.3) is 0 Å². The summed E-state index contributed by atoms with van der Waals surface area (Å²) in [6.45, 7) is 9.91. The molecule has 1 saturated carbocycles. The van der Waals surface area contributed by atoms with Crippen LogP contribution in [0.5, 0.6) is 0 Å². The van der Waals surface area contributed by atoms with Crippen molar-refractivity contribution in [2.45, 2.75) is 65.7 Å². The maximum Gasteiger partial charge on any atom is 0.100 e. The molecule has 1 fully saturated rings. The highest BCUT2D eigenvalue weighted by molar-refractivity contribution is 5.23. The van der Waals surface area contributed by atoms with Gasteiger partial charge in [0.25, 0.3) is 0 Å². The van der Waals surface area contributed by atoms with E-state index in [9.17, 15) is 0 Å². The fraction of sp³-hybridized carbons (Fsp3) is 0.895. The van der Waals surface area contributed by atoms with Crippen molar-refractivity contribution in [3.05, 3.63) is 11.6 Å². The Balaban J connectivity index is 0.00000220. The predicted octanol–water partition coefficient (Wildman–Crippen LogP) is 2.03. The van der Waals surface area contributed by atoms with Crippen LogP contribution in [0.3, 0.4) is 0 Å². The van der Waals surface area contributed by atoms with Crippen molar-refractivity contribution in [3.63, 3.8) is 0 Å². The van der Waals surface area contributed by atoms with Gasteiger partial charge in [0.2, 0.25) is 0 Å². The molecule has 0 aromatic heterocycles. The van der Waals surface area contributed by atoms with Gasteiger partial charge in [0, 0.05) is 0 Å². The van der Waals surface area contributed by atoms with Crippen LogP contribution in [0, 0.1) is 17.3 Å². The Kier molecular flexibility index (Phi) is 6.99. The van der Waals surface area contributed by atoms with Crippen LogP contribution >= 0.6 is 0 Å². The highest BCUT2D eigenvalue weighted by Gasteiger charge is 2.51. The fourth-order valence-electron chi connectivity index (χ4n) is 4.37. The summed E-state index contributed by atoms with van der Waals surface area (Å²) in [6, 6.07) is 0. The molecule has 2 bridgehead atoms. The fourth-order valence-corrected chi connectivity index (χ4v) is 4.37. The largest absolute Gasteiger partial charge is 1.00 e. The molecule has 21 heavy (non-hydrogen) atoms. The molecule has 0 N–H and O–H groups in total. The maximum atomic E-state index is 2.58. The van der Waals surface area contributed by atoms with Gasteiger partial charge in [-0.25, -0.2) is 0 Å². The van der Waals surface area contributed by atoms with E-state index in [1.807, 2.05) is 0 Å². The Morgan fingerprint density at radius 2 is 1.81 bits per heavy atom. The first kappa shape index (κ1) is 19.2. The number of nitrogens with zero attached hydrogens (tertiary/aromatic N) is 1. The van der Waals surface area contributed by atoms with Crippen molar-refractivity contribution in [2.75, 3.05) is 27.2 Å². The average Bonchev–Trinajstić information content (AvgIpc) is 2.37. The Hall–Kier alpha value is 0.180. The summed E-state index contributed by atoms with van der Waals surface area (Å²) in [5.41, 5.74) is 2.36. The number of hydrogen-bond acceptors (Lipinski definition) is 0. The lowest BCUT2D eigenvalue weighted by Crippen LogP contribution is -3.00. The second kappa shape index (κ2) is 7.64. The zero-order chi connectivity index (χ0) is 14.8. The van der Waals surface area contributed by atoms with Crippen molar-refractivity contribution in [2.24, 2.45) is 17.3 Å². The first-order valence-corrected chi connectivity index (χ1v) is 8.88. The molecule has 0 aromatic carbocycles. The summed E-state index contributed by atoms with van der Waals surface area (Å²) in [4.78, 5) is 0. The zero-order valence-electron chi connectivity index (χ0n) is 14.9. The third-order valence-electron chi connectivity index (χ3n) is 6.06. The minimum absolute atomic E-state index is 0. The minimum Gasteiger partial charge on any atom is -1.00 e. The molecule has 3 aliphatic rings. The third-order valence-corrected chi connectivity index (χ3v) is 6.06. The Labute approximate surface area is 143 Å². The summed E-state index contributed by atoms with van der Waals surface area (Å²) in [6.07, 6.45) is 12.4. The molecular weight excluding hydrogens is 322 g/mol. The topological polar surface area (TPSA) is 0 Å². The number of quaternary nitrogens is 1. The first-order chi connectivity index (χ1) is 9.37. The molecule has 0 spiro atoms. The second-order valence-corrected chi connectivity index (χ2v) is 8.55. The summed E-state index contributed by atoms with van der Waals surface area (Å²) >= 11 is 0. The molecular formula is C19H36BrN. The van der Waals surface area contributed by atoms with Gasteiger partial charge in [-0.05, 0) is 48.5 Å². The standard InChI is InChI=1S/C19H36N.BrH/c1-6-7-8-9-10-13-20(4,5)15-16-11-12-17-14-18(16)19(17,2)3;/h11,17-18H,6-10,12-15H2,1-5H3;1H/q+1;/p-1. The van der Waals surface area contributed by atoms with Gasteiger partial charge in [-0.2, -0.15) is 0 Å². The molecule has 2 atom stereocenters. The molecule has 0 radical (unpaired) electrons. The second-order valence-electron chi connectivity index (χ2n) is 8.55. The van der Waals surface area contributed by atoms with E-state index in [2.05, 4.69) is 40.9 Å².